The first-order chi connectivity index (χ1) is 10.3. The van der Waals surface area contributed by atoms with Crippen LogP contribution in [0.3, 0.4) is 0 Å². The lowest BCUT2D eigenvalue weighted by Gasteiger charge is -2.15. The van der Waals surface area contributed by atoms with E-state index in [0.717, 1.165) is 36.1 Å². The van der Waals surface area contributed by atoms with E-state index in [1.807, 2.05) is 26.0 Å². The Kier molecular flexibility index (Phi) is 3.99. The van der Waals surface area contributed by atoms with Crippen molar-refractivity contribution in [2.75, 3.05) is 4.72 Å². The largest absolute Gasteiger partial charge is 0.263 e. The Morgan fingerprint density at radius 1 is 1.32 bits per heavy atom. The van der Waals surface area contributed by atoms with Crippen molar-refractivity contribution >= 4 is 26.5 Å². The number of fused-ring (bicyclic) bond motifs is 1. The van der Waals surface area contributed by atoms with Crippen molar-refractivity contribution in [1.82, 2.24) is 4.98 Å². The zero-order chi connectivity index (χ0) is 15.9. The second-order valence-electron chi connectivity index (χ2n) is 6.11. The molecule has 0 fully saturated rings. The molecule has 0 spiro atoms. The second kappa shape index (κ2) is 5.66. The first-order valence-electron chi connectivity index (χ1n) is 7.44. The molecule has 0 bridgehead atoms. The number of benzene rings is 1. The smallest absolute Gasteiger partial charge is 0.255 e. The number of thiazole rings is 1. The van der Waals surface area contributed by atoms with Crippen LogP contribution in [0, 0.1) is 19.8 Å². The number of nitrogens with zero attached hydrogens (tertiary/aromatic N) is 1. The van der Waals surface area contributed by atoms with Crippen LogP contribution >= 0.6 is 11.3 Å². The van der Waals surface area contributed by atoms with Gasteiger partial charge in [0.15, 0.2) is 5.13 Å². The Labute approximate surface area is 135 Å². The highest BCUT2D eigenvalue weighted by atomic mass is 32.2. The van der Waals surface area contributed by atoms with Gasteiger partial charge in [-0.3, -0.25) is 4.72 Å². The van der Waals surface area contributed by atoms with Crippen LogP contribution in [0.5, 0.6) is 0 Å². The first kappa shape index (κ1) is 15.5. The van der Waals surface area contributed by atoms with E-state index in [4.69, 9.17) is 0 Å². The molecule has 1 aromatic carbocycles. The summed E-state index contributed by atoms with van der Waals surface area (Å²) in [5.74, 6) is 0.649. The fraction of sp³-hybridized carbons (Fsp3) is 0.438. The van der Waals surface area contributed by atoms with Gasteiger partial charge >= 0.3 is 0 Å². The van der Waals surface area contributed by atoms with Crippen molar-refractivity contribution in [3.63, 3.8) is 0 Å². The van der Waals surface area contributed by atoms with E-state index in [1.165, 1.54) is 16.2 Å². The highest BCUT2D eigenvalue weighted by Crippen LogP contribution is 2.33. The number of aromatic nitrogens is 1. The third-order valence-corrected chi connectivity index (χ3v) is 6.69. The summed E-state index contributed by atoms with van der Waals surface area (Å²) in [4.78, 5) is 6.02. The minimum Gasteiger partial charge on any atom is -0.255 e. The molecule has 22 heavy (non-hydrogen) atoms. The molecular weight excluding hydrogens is 316 g/mol. The molecular formula is C16H20N2O2S2. The van der Waals surface area contributed by atoms with Gasteiger partial charge in [-0.05, 0) is 56.2 Å². The molecule has 0 amide bonds. The standard InChI is InChI=1S/C16H20N2O2S2/c1-10-5-7-13-14(8-10)21-16(17-13)18-22(19,20)15-9-11(2)4-6-12(15)3/h4,6,9-10H,5,7-8H2,1-3H3,(H,17,18). The number of rotatable bonds is 3. The quantitative estimate of drug-likeness (QED) is 0.930. The fourth-order valence-corrected chi connectivity index (χ4v) is 5.49. The van der Waals surface area contributed by atoms with Crippen LogP contribution in [0.4, 0.5) is 5.13 Å². The zero-order valence-electron chi connectivity index (χ0n) is 13.0. The zero-order valence-corrected chi connectivity index (χ0v) is 14.6. The first-order valence-corrected chi connectivity index (χ1v) is 9.74. The van der Waals surface area contributed by atoms with Crippen LogP contribution in [0.15, 0.2) is 23.1 Å². The van der Waals surface area contributed by atoms with Crippen molar-refractivity contribution in [2.45, 2.75) is 44.9 Å². The molecule has 1 aromatic heterocycles. The van der Waals surface area contributed by atoms with E-state index in [9.17, 15) is 8.42 Å². The Bertz CT molecular complexity index is 810. The fourth-order valence-electron chi connectivity index (χ4n) is 2.75. The number of aryl methyl sites for hydroxylation is 3. The van der Waals surface area contributed by atoms with E-state index >= 15 is 0 Å². The van der Waals surface area contributed by atoms with Gasteiger partial charge < -0.3 is 0 Å². The lowest BCUT2D eigenvalue weighted by Crippen LogP contribution is -2.14. The second-order valence-corrected chi connectivity index (χ2v) is 8.85. The maximum absolute atomic E-state index is 12.6. The molecule has 0 saturated carbocycles. The van der Waals surface area contributed by atoms with Gasteiger partial charge in [0.1, 0.15) is 0 Å². The van der Waals surface area contributed by atoms with Crippen LogP contribution in [0.1, 0.15) is 35.0 Å². The van der Waals surface area contributed by atoms with E-state index in [0.29, 0.717) is 15.9 Å². The minimum atomic E-state index is -3.58. The molecule has 118 valence electrons. The summed E-state index contributed by atoms with van der Waals surface area (Å²) < 4.78 is 27.9. The minimum absolute atomic E-state index is 0.328. The van der Waals surface area contributed by atoms with Crippen molar-refractivity contribution < 1.29 is 8.42 Å². The molecule has 0 aliphatic heterocycles. The predicted molar refractivity (Wildman–Crippen MR) is 90.0 cm³/mol. The summed E-state index contributed by atoms with van der Waals surface area (Å²) in [6, 6.07) is 5.45. The molecule has 1 unspecified atom stereocenters. The SMILES string of the molecule is Cc1ccc(C)c(S(=O)(=O)Nc2nc3c(s2)CC(C)CC3)c1. The molecule has 1 N–H and O–H groups in total. The molecule has 2 aromatic rings. The average Bonchev–Trinajstić information content (AvgIpc) is 2.81. The van der Waals surface area contributed by atoms with Gasteiger partial charge in [-0.2, -0.15) is 0 Å². The van der Waals surface area contributed by atoms with Gasteiger partial charge in [0.2, 0.25) is 0 Å². The molecule has 0 saturated heterocycles. The molecule has 1 heterocycles. The van der Waals surface area contributed by atoms with Gasteiger partial charge in [-0.15, -0.1) is 11.3 Å². The van der Waals surface area contributed by atoms with Gasteiger partial charge in [0.05, 0.1) is 10.6 Å². The average molecular weight is 336 g/mol. The van der Waals surface area contributed by atoms with Crippen LogP contribution in [0.25, 0.3) is 0 Å². The molecule has 0 radical (unpaired) electrons. The highest BCUT2D eigenvalue weighted by molar-refractivity contribution is 7.93. The summed E-state index contributed by atoms with van der Waals surface area (Å²) in [6.07, 6.45) is 3.07. The van der Waals surface area contributed by atoms with Gasteiger partial charge in [-0.1, -0.05) is 19.1 Å². The monoisotopic (exact) mass is 336 g/mol. The van der Waals surface area contributed by atoms with Crippen molar-refractivity contribution in [2.24, 2.45) is 5.92 Å². The van der Waals surface area contributed by atoms with Gasteiger partial charge in [0.25, 0.3) is 10.0 Å². The maximum atomic E-state index is 12.6. The topological polar surface area (TPSA) is 59.1 Å². The third-order valence-electron chi connectivity index (χ3n) is 4.04. The normalized spacial score (nSPS) is 18.0. The van der Waals surface area contributed by atoms with Crippen molar-refractivity contribution in [1.29, 1.82) is 0 Å². The Morgan fingerprint density at radius 2 is 2.09 bits per heavy atom. The van der Waals surface area contributed by atoms with E-state index in [1.54, 1.807) is 6.07 Å². The van der Waals surface area contributed by atoms with Crippen LogP contribution in [-0.4, -0.2) is 13.4 Å². The van der Waals surface area contributed by atoms with E-state index in [-0.39, 0.29) is 0 Å². The predicted octanol–water partition coefficient (Wildman–Crippen LogP) is 3.69. The summed E-state index contributed by atoms with van der Waals surface area (Å²) in [5, 5.41) is 0.486. The van der Waals surface area contributed by atoms with Crippen LogP contribution in [-0.2, 0) is 22.9 Å². The molecule has 1 aliphatic carbocycles. The van der Waals surface area contributed by atoms with Gasteiger partial charge in [0, 0.05) is 4.88 Å². The van der Waals surface area contributed by atoms with Crippen molar-refractivity contribution in [3.05, 3.63) is 39.9 Å². The summed E-state index contributed by atoms with van der Waals surface area (Å²) in [7, 11) is -3.58. The molecule has 6 heteroatoms. The summed E-state index contributed by atoms with van der Waals surface area (Å²) >= 11 is 1.47. The lowest BCUT2D eigenvalue weighted by molar-refractivity contribution is 0.502. The Balaban J connectivity index is 1.90. The molecule has 1 aliphatic rings. The molecule has 3 rings (SSSR count). The highest BCUT2D eigenvalue weighted by Gasteiger charge is 2.23. The number of hydrogen-bond acceptors (Lipinski definition) is 4. The number of nitrogens with one attached hydrogen (secondary N) is 1. The Hall–Kier alpha value is -1.40. The lowest BCUT2D eigenvalue weighted by atomic mass is 9.93. The van der Waals surface area contributed by atoms with Crippen molar-refractivity contribution in [3.8, 4) is 0 Å². The Morgan fingerprint density at radius 3 is 2.86 bits per heavy atom. The number of anilines is 1. The molecule has 1 atom stereocenters. The number of sulfonamides is 1. The van der Waals surface area contributed by atoms with E-state index < -0.39 is 10.0 Å². The van der Waals surface area contributed by atoms with E-state index in [2.05, 4.69) is 16.6 Å². The third kappa shape index (κ3) is 3.03. The van der Waals surface area contributed by atoms with Crippen LogP contribution < -0.4 is 4.72 Å². The summed E-state index contributed by atoms with van der Waals surface area (Å²) in [5.41, 5.74) is 2.73. The van der Waals surface area contributed by atoms with Crippen LogP contribution in [0.2, 0.25) is 0 Å². The summed E-state index contributed by atoms with van der Waals surface area (Å²) in [6.45, 7) is 5.92. The van der Waals surface area contributed by atoms with Gasteiger partial charge in [-0.25, -0.2) is 13.4 Å². The number of hydrogen-bond donors (Lipinski definition) is 1. The molecule has 4 nitrogen and oxygen atoms in total. The maximum Gasteiger partial charge on any atom is 0.263 e.